The van der Waals surface area contributed by atoms with Crippen LogP contribution in [0.4, 0.5) is 8.78 Å². The van der Waals surface area contributed by atoms with Crippen LogP contribution >= 0.6 is 0 Å². The minimum atomic E-state index is -0.805. The van der Waals surface area contributed by atoms with Gasteiger partial charge < -0.3 is 0 Å². The first-order valence-electron chi connectivity index (χ1n) is 10.5. The number of aryl methyl sites for hydroxylation is 5. The molecule has 0 fully saturated rings. The minimum Gasteiger partial charge on any atom is -0.204 e. The Hall–Kier alpha value is -3.26. The Kier molecular flexibility index (Phi) is 5.49. The molecule has 0 saturated heterocycles. The molecule has 0 atom stereocenters. The molecule has 0 radical (unpaired) electrons. The van der Waals surface area contributed by atoms with E-state index in [4.69, 9.17) is 0 Å². The van der Waals surface area contributed by atoms with Crippen LogP contribution in [-0.2, 0) is 0 Å². The molecule has 0 aliphatic heterocycles. The second-order valence-electron chi connectivity index (χ2n) is 8.47. The third kappa shape index (κ3) is 4.03. The first-order chi connectivity index (χ1) is 14.7. The zero-order chi connectivity index (χ0) is 22.3. The molecular formula is C29H26F2. The molecule has 0 bridgehead atoms. The molecule has 0 amide bonds. The van der Waals surface area contributed by atoms with Crippen LogP contribution < -0.4 is 0 Å². The van der Waals surface area contributed by atoms with E-state index < -0.39 is 11.6 Å². The average molecular weight is 413 g/mol. The molecule has 4 aromatic carbocycles. The highest BCUT2D eigenvalue weighted by Gasteiger charge is 2.14. The lowest BCUT2D eigenvalue weighted by Crippen LogP contribution is -1.96. The van der Waals surface area contributed by atoms with Crippen molar-refractivity contribution in [1.82, 2.24) is 0 Å². The summed E-state index contributed by atoms with van der Waals surface area (Å²) in [4.78, 5) is 0. The number of hydrogen-bond acceptors (Lipinski definition) is 0. The van der Waals surface area contributed by atoms with Crippen LogP contribution in [-0.4, -0.2) is 0 Å². The van der Waals surface area contributed by atoms with E-state index in [0.717, 1.165) is 22.3 Å². The van der Waals surface area contributed by atoms with Crippen molar-refractivity contribution in [2.75, 3.05) is 0 Å². The number of benzene rings is 4. The van der Waals surface area contributed by atoms with Gasteiger partial charge in [0, 0.05) is 0 Å². The lowest BCUT2D eigenvalue weighted by atomic mass is 9.89. The van der Waals surface area contributed by atoms with Crippen molar-refractivity contribution < 1.29 is 8.78 Å². The molecule has 4 rings (SSSR count). The number of rotatable bonds is 3. The Labute approximate surface area is 183 Å². The van der Waals surface area contributed by atoms with Gasteiger partial charge in [0.25, 0.3) is 0 Å². The summed E-state index contributed by atoms with van der Waals surface area (Å²) < 4.78 is 27.8. The van der Waals surface area contributed by atoms with Gasteiger partial charge in [-0.05, 0) is 102 Å². The molecule has 0 heterocycles. The fraction of sp³-hybridized carbons (Fsp3) is 0.172. The van der Waals surface area contributed by atoms with Crippen LogP contribution in [0.15, 0.2) is 66.7 Å². The van der Waals surface area contributed by atoms with Crippen LogP contribution in [0.1, 0.15) is 27.8 Å². The highest BCUT2D eigenvalue weighted by Crippen LogP contribution is 2.35. The standard InChI is InChI=1S/C29H26F2/c1-17-6-8-22(9-7-17)23-10-11-26(18(2)12-23)24-13-19(3)28(20(4)14-24)25-15-21(5)29(31)27(30)16-25/h6-16H,1-5H3. The highest BCUT2D eigenvalue weighted by atomic mass is 19.2. The van der Waals surface area contributed by atoms with E-state index in [0.29, 0.717) is 11.1 Å². The molecule has 0 nitrogen and oxygen atoms in total. The van der Waals surface area contributed by atoms with E-state index in [1.54, 1.807) is 13.0 Å². The number of halogens is 2. The Morgan fingerprint density at radius 2 is 1.03 bits per heavy atom. The summed E-state index contributed by atoms with van der Waals surface area (Å²) in [5.74, 6) is -1.58. The molecule has 0 saturated carbocycles. The van der Waals surface area contributed by atoms with Crippen molar-refractivity contribution in [2.24, 2.45) is 0 Å². The van der Waals surface area contributed by atoms with Crippen molar-refractivity contribution in [3.8, 4) is 33.4 Å². The minimum absolute atomic E-state index is 0.320. The number of hydrogen-bond donors (Lipinski definition) is 0. The van der Waals surface area contributed by atoms with E-state index in [9.17, 15) is 8.78 Å². The van der Waals surface area contributed by atoms with Crippen LogP contribution in [0, 0.1) is 46.3 Å². The van der Waals surface area contributed by atoms with Crippen LogP contribution in [0.3, 0.4) is 0 Å². The van der Waals surface area contributed by atoms with Crippen molar-refractivity contribution in [1.29, 1.82) is 0 Å². The summed E-state index contributed by atoms with van der Waals surface area (Å²) in [5, 5.41) is 0. The van der Waals surface area contributed by atoms with Crippen molar-refractivity contribution in [2.45, 2.75) is 34.6 Å². The lowest BCUT2D eigenvalue weighted by Gasteiger charge is -2.16. The predicted octanol–water partition coefficient (Wildman–Crippen LogP) is 8.51. The molecule has 2 heteroatoms. The maximum atomic E-state index is 14.0. The van der Waals surface area contributed by atoms with E-state index in [2.05, 4.69) is 68.4 Å². The summed E-state index contributed by atoms with van der Waals surface area (Å²) >= 11 is 0. The Balaban J connectivity index is 1.75. The Bertz CT molecular complexity index is 1230. The SMILES string of the molecule is Cc1ccc(-c2ccc(-c3cc(C)c(-c4cc(C)c(F)c(F)c4)c(C)c3)c(C)c2)cc1. The fourth-order valence-corrected chi connectivity index (χ4v) is 4.36. The molecule has 0 N–H and O–H groups in total. The van der Waals surface area contributed by atoms with Crippen molar-refractivity contribution in [3.05, 3.63) is 106 Å². The van der Waals surface area contributed by atoms with E-state index >= 15 is 0 Å². The van der Waals surface area contributed by atoms with Crippen LogP contribution in [0.5, 0.6) is 0 Å². The third-order valence-corrected chi connectivity index (χ3v) is 5.95. The molecule has 156 valence electrons. The van der Waals surface area contributed by atoms with Gasteiger partial charge in [0.1, 0.15) is 0 Å². The van der Waals surface area contributed by atoms with Gasteiger partial charge in [-0.2, -0.15) is 0 Å². The van der Waals surface area contributed by atoms with Gasteiger partial charge in [-0.25, -0.2) is 8.78 Å². The molecule has 0 aromatic heterocycles. The maximum Gasteiger partial charge on any atom is 0.161 e. The van der Waals surface area contributed by atoms with E-state index in [-0.39, 0.29) is 0 Å². The molecule has 0 aliphatic rings. The fourth-order valence-electron chi connectivity index (χ4n) is 4.36. The van der Waals surface area contributed by atoms with Gasteiger partial charge in [-0.3, -0.25) is 0 Å². The molecule has 0 aliphatic carbocycles. The highest BCUT2D eigenvalue weighted by molar-refractivity contribution is 5.79. The van der Waals surface area contributed by atoms with Crippen molar-refractivity contribution >= 4 is 0 Å². The average Bonchev–Trinajstić information content (AvgIpc) is 2.72. The summed E-state index contributed by atoms with van der Waals surface area (Å²) in [6.07, 6.45) is 0. The van der Waals surface area contributed by atoms with Gasteiger partial charge in [0.05, 0.1) is 0 Å². The Morgan fingerprint density at radius 3 is 1.61 bits per heavy atom. The summed E-state index contributed by atoms with van der Waals surface area (Å²) in [5.41, 5.74) is 11.2. The maximum absolute atomic E-state index is 14.0. The predicted molar refractivity (Wildman–Crippen MR) is 126 cm³/mol. The van der Waals surface area contributed by atoms with Gasteiger partial charge in [0.15, 0.2) is 11.6 Å². The molecule has 0 unspecified atom stereocenters. The van der Waals surface area contributed by atoms with Gasteiger partial charge in [0.2, 0.25) is 0 Å². The van der Waals surface area contributed by atoms with Crippen molar-refractivity contribution in [3.63, 3.8) is 0 Å². The van der Waals surface area contributed by atoms with E-state index in [1.807, 2.05) is 13.8 Å². The second kappa shape index (κ2) is 8.11. The van der Waals surface area contributed by atoms with Crippen LogP contribution in [0.2, 0.25) is 0 Å². The molecule has 0 spiro atoms. The quantitative estimate of drug-likeness (QED) is 0.316. The van der Waals surface area contributed by atoms with Crippen LogP contribution in [0.25, 0.3) is 33.4 Å². The zero-order valence-corrected chi connectivity index (χ0v) is 18.6. The molecule has 4 aromatic rings. The summed E-state index contributed by atoms with van der Waals surface area (Å²) in [6, 6.07) is 22.4. The van der Waals surface area contributed by atoms with Gasteiger partial charge in [-0.1, -0.05) is 60.2 Å². The first-order valence-corrected chi connectivity index (χ1v) is 10.5. The smallest absolute Gasteiger partial charge is 0.161 e. The molecular weight excluding hydrogens is 386 g/mol. The second-order valence-corrected chi connectivity index (χ2v) is 8.47. The largest absolute Gasteiger partial charge is 0.204 e. The molecule has 31 heavy (non-hydrogen) atoms. The van der Waals surface area contributed by atoms with Gasteiger partial charge in [-0.15, -0.1) is 0 Å². The van der Waals surface area contributed by atoms with E-state index in [1.165, 1.54) is 33.9 Å². The monoisotopic (exact) mass is 412 g/mol. The first kappa shape index (κ1) is 21.0. The third-order valence-electron chi connectivity index (χ3n) is 5.95. The lowest BCUT2D eigenvalue weighted by molar-refractivity contribution is 0.503. The van der Waals surface area contributed by atoms with Gasteiger partial charge >= 0.3 is 0 Å². The topological polar surface area (TPSA) is 0 Å². The Morgan fingerprint density at radius 1 is 0.484 bits per heavy atom. The zero-order valence-electron chi connectivity index (χ0n) is 18.6. The summed E-state index contributed by atoms with van der Waals surface area (Å²) in [7, 11) is 0. The normalized spacial score (nSPS) is 11.1. The summed E-state index contributed by atoms with van der Waals surface area (Å²) in [6.45, 7) is 9.87.